The highest BCUT2D eigenvalue weighted by atomic mass is 16.6. The Morgan fingerprint density at radius 3 is 1.73 bits per heavy atom. The number of carbonyl (C=O) groups is 2. The molecule has 0 fully saturated rings. The summed E-state index contributed by atoms with van der Waals surface area (Å²) >= 11 is 0. The Bertz CT molecular complexity index is 715. The maximum absolute atomic E-state index is 12.7. The van der Waals surface area contributed by atoms with Crippen molar-refractivity contribution in [2.24, 2.45) is 5.73 Å². The predicted octanol–water partition coefficient (Wildman–Crippen LogP) is 0.342. The fourth-order valence-corrected chi connectivity index (χ4v) is 2.60. The monoisotopic (exact) mass is 415 g/mol. The van der Waals surface area contributed by atoms with E-state index in [4.69, 9.17) is 20.3 Å². The number of nitrogens with one attached hydrogen (secondary N) is 2. The quantitative estimate of drug-likeness (QED) is 0.210. The van der Waals surface area contributed by atoms with Gasteiger partial charge in [0.1, 0.15) is 13.2 Å². The van der Waals surface area contributed by atoms with Crippen molar-refractivity contribution < 1.29 is 24.2 Å². The van der Waals surface area contributed by atoms with Gasteiger partial charge in [0.05, 0.1) is 6.61 Å². The van der Waals surface area contributed by atoms with Crippen LogP contribution in [0.4, 0.5) is 0 Å². The van der Waals surface area contributed by atoms with Crippen molar-refractivity contribution in [2.45, 2.75) is 18.8 Å². The lowest BCUT2D eigenvalue weighted by molar-refractivity contribution is -0.165. The third-order valence-corrected chi connectivity index (χ3v) is 4.32. The molecule has 8 heteroatoms. The first-order valence-corrected chi connectivity index (χ1v) is 9.79. The van der Waals surface area contributed by atoms with Crippen molar-refractivity contribution in [3.63, 3.8) is 0 Å². The van der Waals surface area contributed by atoms with Crippen LogP contribution in [0.25, 0.3) is 0 Å². The number of rotatable bonds is 13. The second-order valence-electron chi connectivity index (χ2n) is 6.75. The van der Waals surface area contributed by atoms with Gasteiger partial charge in [-0.05, 0) is 11.1 Å². The van der Waals surface area contributed by atoms with E-state index in [1.807, 2.05) is 60.7 Å². The fraction of sp³-hybridized carbons (Fsp3) is 0.364. The zero-order valence-corrected chi connectivity index (χ0v) is 16.9. The minimum Gasteiger partial charge on any atom is -0.459 e. The summed E-state index contributed by atoms with van der Waals surface area (Å²) in [6, 6.07) is 18.3. The lowest BCUT2D eigenvalue weighted by Gasteiger charge is -2.25. The molecule has 30 heavy (non-hydrogen) atoms. The van der Waals surface area contributed by atoms with Crippen LogP contribution in [-0.4, -0.2) is 55.4 Å². The van der Waals surface area contributed by atoms with Gasteiger partial charge in [-0.15, -0.1) is 0 Å². The van der Waals surface area contributed by atoms with Gasteiger partial charge in [-0.2, -0.15) is 0 Å². The molecule has 0 atom stereocenters. The van der Waals surface area contributed by atoms with Gasteiger partial charge in [0.15, 0.2) is 0 Å². The summed E-state index contributed by atoms with van der Waals surface area (Å²) in [6.45, 7) is 1.32. The number of ether oxygens (including phenoxy) is 2. The third-order valence-electron chi connectivity index (χ3n) is 4.32. The van der Waals surface area contributed by atoms with Crippen LogP contribution in [-0.2, 0) is 32.3 Å². The largest absolute Gasteiger partial charge is 0.459 e. The van der Waals surface area contributed by atoms with Crippen molar-refractivity contribution in [2.75, 3.05) is 32.8 Å². The molecule has 2 aromatic rings. The molecule has 2 aromatic carbocycles. The maximum atomic E-state index is 12.7. The first kappa shape index (κ1) is 23.5. The van der Waals surface area contributed by atoms with Gasteiger partial charge in [0.2, 0.25) is 5.54 Å². The van der Waals surface area contributed by atoms with Gasteiger partial charge in [-0.25, -0.2) is 9.59 Å². The molecule has 0 radical (unpaired) electrons. The molecule has 0 amide bonds. The van der Waals surface area contributed by atoms with Gasteiger partial charge in [0.25, 0.3) is 0 Å². The van der Waals surface area contributed by atoms with E-state index in [1.54, 1.807) is 0 Å². The SMILES string of the molecule is NC(CNCCNCCO)(C(=O)OCc1ccccc1)C(=O)OCc1ccccc1. The number of aliphatic hydroxyl groups excluding tert-OH is 1. The van der Waals surface area contributed by atoms with Crippen LogP contribution >= 0.6 is 0 Å². The van der Waals surface area contributed by atoms with Crippen LogP contribution in [0.1, 0.15) is 11.1 Å². The van der Waals surface area contributed by atoms with E-state index in [0.29, 0.717) is 19.6 Å². The molecule has 8 nitrogen and oxygen atoms in total. The Morgan fingerprint density at radius 2 is 1.27 bits per heavy atom. The summed E-state index contributed by atoms with van der Waals surface area (Å²) in [5, 5.41) is 14.7. The average Bonchev–Trinajstić information content (AvgIpc) is 2.79. The molecule has 0 bridgehead atoms. The molecule has 2 rings (SSSR count). The van der Waals surface area contributed by atoms with Crippen molar-refractivity contribution in [1.29, 1.82) is 0 Å². The smallest absolute Gasteiger partial charge is 0.339 e. The minimum absolute atomic E-state index is 0.00262. The van der Waals surface area contributed by atoms with Crippen LogP contribution < -0.4 is 16.4 Å². The average molecular weight is 415 g/mol. The van der Waals surface area contributed by atoms with Crippen molar-refractivity contribution in [1.82, 2.24) is 10.6 Å². The number of hydrogen-bond acceptors (Lipinski definition) is 8. The standard InChI is InChI=1S/C22H29N3O5/c23-22(17-25-12-11-24-13-14-26,20(27)29-15-18-7-3-1-4-8-18)21(28)30-16-19-9-5-2-6-10-19/h1-10,24-26H,11-17,23H2. The second-order valence-corrected chi connectivity index (χ2v) is 6.75. The highest BCUT2D eigenvalue weighted by Crippen LogP contribution is 2.11. The van der Waals surface area contributed by atoms with E-state index in [0.717, 1.165) is 11.1 Å². The molecule has 0 aliphatic carbocycles. The van der Waals surface area contributed by atoms with Gasteiger partial charge in [-0.3, -0.25) is 0 Å². The highest BCUT2D eigenvalue weighted by molar-refractivity contribution is 6.05. The zero-order chi connectivity index (χ0) is 21.7. The van der Waals surface area contributed by atoms with E-state index < -0.39 is 17.5 Å². The third kappa shape index (κ3) is 7.57. The Kier molecular flexibility index (Phi) is 9.96. The Balaban J connectivity index is 1.97. The normalized spacial score (nSPS) is 11.1. The summed E-state index contributed by atoms with van der Waals surface area (Å²) in [5.41, 5.74) is 5.77. The molecule has 0 spiro atoms. The molecule has 0 aliphatic heterocycles. The van der Waals surface area contributed by atoms with E-state index in [-0.39, 0.29) is 26.4 Å². The van der Waals surface area contributed by atoms with Crippen LogP contribution in [0.2, 0.25) is 0 Å². The van der Waals surface area contributed by atoms with Gasteiger partial charge >= 0.3 is 11.9 Å². The molecule has 0 unspecified atom stereocenters. The van der Waals surface area contributed by atoms with Crippen molar-refractivity contribution in [3.05, 3.63) is 71.8 Å². The number of hydrogen-bond donors (Lipinski definition) is 4. The fourth-order valence-electron chi connectivity index (χ4n) is 2.60. The van der Waals surface area contributed by atoms with Crippen molar-refractivity contribution >= 4 is 11.9 Å². The van der Waals surface area contributed by atoms with Crippen LogP contribution in [0.3, 0.4) is 0 Å². The van der Waals surface area contributed by atoms with Crippen LogP contribution in [0.15, 0.2) is 60.7 Å². The van der Waals surface area contributed by atoms with E-state index >= 15 is 0 Å². The van der Waals surface area contributed by atoms with Gasteiger partial charge in [0, 0.05) is 26.2 Å². The summed E-state index contributed by atoms with van der Waals surface area (Å²) in [7, 11) is 0. The topological polar surface area (TPSA) is 123 Å². The molecule has 0 aliphatic rings. The number of aliphatic hydroxyl groups is 1. The van der Waals surface area contributed by atoms with Crippen molar-refractivity contribution in [3.8, 4) is 0 Å². The summed E-state index contributed by atoms with van der Waals surface area (Å²) in [6.07, 6.45) is 0. The lowest BCUT2D eigenvalue weighted by atomic mass is 10.0. The zero-order valence-electron chi connectivity index (χ0n) is 16.9. The first-order valence-electron chi connectivity index (χ1n) is 9.79. The van der Waals surface area contributed by atoms with Crippen LogP contribution in [0, 0.1) is 0 Å². The summed E-state index contributed by atoms with van der Waals surface area (Å²) in [4.78, 5) is 25.4. The van der Waals surface area contributed by atoms with Crippen LogP contribution in [0.5, 0.6) is 0 Å². The maximum Gasteiger partial charge on any atom is 0.339 e. The second kappa shape index (κ2) is 12.7. The van der Waals surface area contributed by atoms with Gasteiger partial charge < -0.3 is 30.9 Å². The number of carbonyl (C=O) groups excluding carboxylic acids is 2. The lowest BCUT2D eigenvalue weighted by Crippen LogP contribution is -2.62. The molecule has 0 saturated heterocycles. The Hall–Kier alpha value is -2.78. The highest BCUT2D eigenvalue weighted by Gasteiger charge is 2.45. The minimum atomic E-state index is -1.99. The Morgan fingerprint density at radius 1 is 0.800 bits per heavy atom. The summed E-state index contributed by atoms with van der Waals surface area (Å²) < 4.78 is 10.6. The molecule has 0 aromatic heterocycles. The molecule has 0 heterocycles. The predicted molar refractivity (Wildman–Crippen MR) is 112 cm³/mol. The summed E-state index contributed by atoms with van der Waals surface area (Å²) in [5.74, 6) is -1.72. The van der Waals surface area contributed by atoms with E-state index in [2.05, 4.69) is 10.6 Å². The number of nitrogens with two attached hydrogens (primary N) is 1. The van der Waals surface area contributed by atoms with E-state index in [9.17, 15) is 9.59 Å². The molecular weight excluding hydrogens is 386 g/mol. The molecule has 0 saturated carbocycles. The first-order chi connectivity index (χ1) is 14.6. The molecule has 162 valence electrons. The number of esters is 2. The number of benzene rings is 2. The van der Waals surface area contributed by atoms with E-state index in [1.165, 1.54) is 0 Å². The molecular formula is C22H29N3O5. The molecule has 5 N–H and O–H groups in total. The van der Waals surface area contributed by atoms with Gasteiger partial charge in [-0.1, -0.05) is 60.7 Å². The Labute approximate surface area is 176 Å².